The lowest BCUT2D eigenvalue weighted by atomic mass is 10.3. The van der Waals surface area contributed by atoms with Gasteiger partial charge < -0.3 is 30.7 Å². The summed E-state index contributed by atoms with van der Waals surface area (Å²) in [5.41, 5.74) is 5.34. The van der Waals surface area contributed by atoms with E-state index in [1.165, 1.54) is 0 Å². The molecule has 0 heterocycles. The predicted octanol–water partition coefficient (Wildman–Crippen LogP) is -0.264. The molecule has 0 aliphatic rings. The van der Waals surface area contributed by atoms with Crippen molar-refractivity contribution in [3.63, 3.8) is 0 Å². The Kier molecular flexibility index (Phi) is 8.73. The molecule has 0 bridgehead atoms. The molecule has 1 aromatic rings. The van der Waals surface area contributed by atoms with Crippen molar-refractivity contribution < 1.29 is 19.7 Å². The molecule has 114 valence electrons. The minimum absolute atomic E-state index is 0.122. The summed E-state index contributed by atoms with van der Waals surface area (Å²) >= 11 is 0. The molecule has 1 aromatic carbocycles. The standard InChI is InChI=1S/C14H24N2O4/c15-6-7-16-10-12(18)11-20-14-4-2-13(3-5-14)19-9-1-8-17/h2-5,12,16-18H,1,6-11,15H2. The van der Waals surface area contributed by atoms with Gasteiger partial charge in [-0.15, -0.1) is 0 Å². The van der Waals surface area contributed by atoms with Crippen molar-refractivity contribution in [2.75, 3.05) is 39.5 Å². The molecule has 5 N–H and O–H groups in total. The Morgan fingerprint density at radius 2 is 1.80 bits per heavy atom. The number of rotatable bonds is 11. The van der Waals surface area contributed by atoms with Gasteiger partial charge in [0.2, 0.25) is 0 Å². The van der Waals surface area contributed by atoms with Gasteiger partial charge in [-0.2, -0.15) is 0 Å². The van der Waals surface area contributed by atoms with E-state index >= 15 is 0 Å². The summed E-state index contributed by atoms with van der Waals surface area (Å²) in [5.74, 6) is 1.41. The van der Waals surface area contributed by atoms with Crippen LogP contribution >= 0.6 is 0 Å². The number of ether oxygens (including phenoxy) is 2. The molecule has 6 heteroatoms. The Morgan fingerprint density at radius 1 is 1.15 bits per heavy atom. The van der Waals surface area contributed by atoms with E-state index in [9.17, 15) is 5.11 Å². The minimum atomic E-state index is -0.568. The van der Waals surface area contributed by atoms with Crippen LogP contribution in [0, 0.1) is 0 Å². The maximum atomic E-state index is 9.66. The summed E-state index contributed by atoms with van der Waals surface area (Å²) in [4.78, 5) is 0. The van der Waals surface area contributed by atoms with Gasteiger partial charge in [-0.1, -0.05) is 0 Å². The third kappa shape index (κ3) is 7.30. The second kappa shape index (κ2) is 10.4. The van der Waals surface area contributed by atoms with E-state index in [0.29, 0.717) is 38.4 Å². The Bertz CT molecular complexity index is 346. The lowest BCUT2D eigenvalue weighted by molar-refractivity contribution is 0.107. The molecule has 0 aromatic heterocycles. The first-order valence-electron chi connectivity index (χ1n) is 6.81. The molecule has 0 amide bonds. The van der Waals surface area contributed by atoms with E-state index in [1.807, 2.05) is 0 Å². The fourth-order valence-corrected chi connectivity index (χ4v) is 1.51. The molecule has 0 fully saturated rings. The summed E-state index contributed by atoms with van der Waals surface area (Å²) in [7, 11) is 0. The van der Waals surface area contributed by atoms with Crippen LogP contribution in [0.15, 0.2) is 24.3 Å². The monoisotopic (exact) mass is 284 g/mol. The average molecular weight is 284 g/mol. The van der Waals surface area contributed by atoms with Crippen LogP contribution in [0.2, 0.25) is 0 Å². The molecule has 0 aliphatic heterocycles. The van der Waals surface area contributed by atoms with Gasteiger partial charge >= 0.3 is 0 Å². The zero-order valence-electron chi connectivity index (χ0n) is 11.6. The molecule has 0 radical (unpaired) electrons. The lowest BCUT2D eigenvalue weighted by Crippen LogP contribution is -2.34. The van der Waals surface area contributed by atoms with E-state index in [-0.39, 0.29) is 13.2 Å². The van der Waals surface area contributed by atoms with Crippen molar-refractivity contribution in [1.29, 1.82) is 0 Å². The summed E-state index contributed by atoms with van der Waals surface area (Å²) in [5, 5.41) is 21.3. The Labute approximate surface area is 119 Å². The van der Waals surface area contributed by atoms with E-state index in [2.05, 4.69) is 5.32 Å². The molecule has 0 saturated heterocycles. The van der Waals surface area contributed by atoms with Crippen LogP contribution in [-0.2, 0) is 0 Å². The first kappa shape index (κ1) is 16.7. The molecule has 1 rings (SSSR count). The number of benzene rings is 1. The van der Waals surface area contributed by atoms with Gasteiger partial charge in [0.15, 0.2) is 0 Å². The fourth-order valence-electron chi connectivity index (χ4n) is 1.51. The number of hydrogen-bond donors (Lipinski definition) is 4. The van der Waals surface area contributed by atoms with Crippen LogP contribution in [0.25, 0.3) is 0 Å². The summed E-state index contributed by atoms with van der Waals surface area (Å²) in [6.45, 7) is 2.52. The third-order valence-corrected chi connectivity index (χ3v) is 2.54. The van der Waals surface area contributed by atoms with Crippen LogP contribution in [0.5, 0.6) is 11.5 Å². The van der Waals surface area contributed by atoms with Crippen LogP contribution in [0.4, 0.5) is 0 Å². The topological polar surface area (TPSA) is 97.0 Å². The van der Waals surface area contributed by atoms with Gasteiger partial charge in [-0.3, -0.25) is 0 Å². The molecule has 0 spiro atoms. The summed E-state index contributed by atoms with van der Waals surface area (Å²) in [6, 6.07) is 7.17. The Hall–Kier alpha value is -1.34. The Balaban J connectivity index is 2.23. The SMILES string of the molecule is NCCNCC(O)COc1ccc(OCCCO)cc1. The molecule has 6 nitrogen and oxygen atoms in total. The second-order valence-corrected chi connectivity index (χ2v) is 4.35. The lowest BCUT2D eigenvalue weighted by Gasteiger charge is -2.13. The second-order valence-electron chi connectivity index (χ2n) is 4.35. The molecule has 1 unspecified atom stereocenters. The zero-order chi connectivity index (χ0) is 14.6. The largest absolute Gasteiger partial charge is 0.494 e. The third-order valence-electron chi connectivity index (χ3n) is 2.54. The van der Waals surface area contributed by atoms with Crippen LogP contribution in [0.3, 0.4) is 0 Å². The van der Waals surface area contributed by atoms with Crippen molar-refractivity contribution in [3.8, 4) is 11.5 Å². The predicted molar refractivity (Wildman–Crippen MR) is 77.1 cm³/mol. The highest BCUT2D eigenvalue weighted by molar-refractivity contribution is 5.31. The van der Waals surface area contributed by atoms with Crippen molar-refractivity contribution in [1.82, 2.24) is 5.32 Å². The molecular formula is C14H24N2O4. The van der Waals surface area contributed by atoms with E-state index in [0.717, 1.165) is 5.75 Å². The van der Waals surface area contributed by atoms with Crippen molar-refractivity contribution in [2.24, 2.45) is 5.73 Å². The van der Waals surface area contributed by atoms with Gasteiger partial charge in [-0.25, -0.2) is 0 Å². The van der Waals surface area contributed by atoms with Gasteiger partial charge in [0, 0.05) is 32.7 Å². The maximum absolute atomic E-state index is 9.66. The fraction of sp³-hybridized carbons (Fsp3) is 0.571. The van der Waals surface area contributed by atoms with Gasteiger partial charge in [-0.05, 0) is 24.3 Å². The minimum Gasteiger partial charge on any atom is -0.494 e. The molecule has 0 saturated carbocycles. The number of nitrogens with two attached hydrogens (primary N) is 1. The zero-order valence-corrected chi connectivity index (χ0v) is 11.6. The van der Waals surface area contributed by atoms with E-state index in [4.69, 9.17) is 20.3 Å². The Morgan fingerprint density at radius 3 is 2.40 bits per heavy atom. The summed E-state index contributed by atoms with van der Waals surface area (Å²) < 4.78 is 10.9. The van der Waals surface area contributed by atoms with Crippen molar-refractivity contribution >= 4 is 0 Å². The molecular weight excluding hydrogens is 260 g/mol. The number of nitrogens with one attached hydrogen (secondary N) is 1. The summed E-state index contributed by atoms with van der Waals surface area (Å²) in [6.07, 6.45) is 0.0438. The van der Waals surface area contributed by atoms with Gasteiger partial charge in [0.25, 0.3) is 0 Å². The highest BCUT2D eigenvalue weighted by atomic mass is 16.5. The molecule has 1 atom stereocenters. The quantitative estimate of drug-likeness (QED) is 0.418. The maximum Gasteiger partial charge on any atom is 0.119 e. The van der Waals surface area contributed by atoms with E-state index in [1.54, 1.807) is 24.3 Å². The smallest absolute Gasteiger partial charge is 0.119 e. The number of hydrogen-bond acceptors (Lipinski definition) is 6. The van der Waals surface area contributed by atoms with Gasteiger partial charge in [0.1, 0.15) is 24.2 Å². The average Bonchev–Trinajstić information content (AvgIpc) is 2.47. The first-order valence-corrected chi connectivity index (χ1v) is 6.81. The van der Waals surface area contributed by atoms with Crippen LogP contribution in [0.1, 0.15) is 6.42 Å². The first-order chi connectivity index (χ1) is 9.76. The van der Waals surface area contributed by atoms with Crippen molar-refractivity contribution in [2.45, 2.75) is 12.5 Å². The number of aliphatic hydroxyl groups is 2. The van der Waals surface area contributed by atoms with Crippen molar-refractivity contribution in [3.05, 3.63) is 24.3 Å². The van der Waals surface area contributed by atoms with Gasteiger partial charge in [0.05, 0.1) is 6.61 Å². The molecule has 20 heavy (non-hydrogen) atoms. The number of aliphatic hydroxyl groups excluding tert-OH is 2. The molecule has 0 aliphatic carbocycles. The van der Waals surface area contributed by atoms with E-state index < -0.39 is 6.10 Å². The highest BCUT2D eigenvalue weighted by Crippen LogP contribution is 2.17. The van der Waals surface area contributed by atoms with Crippen LogP contribution in [-0.4, -0.2) is 55.8 Å². The van der Waals surface area contributed by atoms with Crippen LogP contribution < -0.4 is 20.5 Å². The normalized spacial score (nSPS) is 12.2. The highest BCUT2D eigenvalue weighted by Gasteiger charge is 2.04.